The van der Waals surface area contributed by atoms with Gasteiger partial charge in [0.1, 0.15) is 5.75 Å². The lowest BCUT2D eigenvalue weighted by atomic mass is 9.31. The van der Waals surface area contributed by atoms with Gasteiger partial charge >= 0.3 is 0 Å². The Balaban J connectivity index is 1.42. The Hall–Kier alpha value is -3.14. The van der Waals surface area contributed by atoms with Crippen molar-refractivity contribution in [3.63, 3.8) is 0 Å². The van der Waals surface area contributed by atoms with Gasteiger partial charge < -0.3 is 10.1 Å². The summed E-state index contributed by atoms with van der Waals surface area (Å²) < 4.78 is 5.31. The van der Waals surface area contributed by atoms with E-state index < -0.39 is 0 Å². The molecule has 3 saturated carbocycles. The summed E-state index contributed by atoms with van der Waals surface area (Å²) in [5, 5.41) is 3.32. The summed E-state index contributed by atoms with van der Waals surface area (Å²) >= 11 is 0. The number of pyridine rings is 1. The van der Waals surface area contributed by atoms with Crippen molar-refractivity contribution < 1.29 is 9.53 Å². The van der Waals surface area contributed by atoms with Gasteiger partial charge in [0.2, 0.25) is 0 Å². The second-order valence-electron chi connectivity index (χ2n) is 8.46. The van der Waals surface area contributed by atoms with Crippen molar-refractivity contribution in [1.82, 2.24) is 10.3 Å². The number of rotatable bonds is 6. The first-order valence-electron chi connectivity index (χ1n) is 10.0. The molecule has 1 N–H and O–H groups in total. The third-order valence-corrected chi connectivity index (χ3v) is 6.72. The number of methoxy groups -OCH3 is 1. The number of amides is 1. The molecule has 0 saturated heterocycles. The maximum absolute atomic E-state index is 12.9. The molecule has 1 heterocycles. The SMILES string of the molecule is COc1ccc(C(NC(=O)c2cccnc2)C23CC(c4ccccc4)(C2)C3)cc1. The van der Waals surface area contributed by atoms with Gasteiger partial charge in [0.25, 0.3) is 5.91 Å². The molecule has 4 heteroatoms. The van der Waals surface area contributed by atoms with E-state index in [1.807, 2.05) is 12.1 Å². The Morgan fingerprint density at radius 2 is 1.72 bits per heavy atom. The van der Waals surface area contributed by atoms with Crippen LogP contribution in [0.2, 0.25) is 0 Å². The van der Waals surface area contributed by atoms with Crippen molar-refractivity contribution in [3.8, 4) is 5.75 Å². The van der Waals surface area contributed by atoms with Crippen LogP contribution < -0.4 is 10.1 Å². The molecule has 3 aliphatic rings. The molecule has 3 aliphatic carbocycles. The summed E-state index contributed by atoms with van der Waals surface area (Å²) in [6.07, 6.45) is 6.62. The highest BCUT2D eigenvalue weighted by molar-refractivity contribution is 5.94. The molecule has 1 atom stereocenters. The van der Waals surface area contributed by atoms with Crippen LogP contribution in [-0.4, -0.2) is 18.0 Å². The summed E-state index contributed by atoms with van der Waals surface area (Å²) in [5.41, 5.74) is 3.54. The van der Waals surface area contributed by atoms with Gasteiger partial charge in [-0.3, -0.25) is 9.78 Å². The summed E-state index contributed by atoms with van der Waals surface area (Å²) in [6.45, 7) is 0. The van der Waals surface area contributed by atoms with E-state index in [0.29, 0.717) is 5.56 Å². The van der Waals surface area contributed by atoms with Gasteiger partial charge in [0.05, 0.1) is 18.7 Å². The summed E-state index contributed by atoms with van der Waals surface area (Å²) in [6, 6.07) is 22.4. The molecule has 0 radical (unpaired) electrons. The molecule has 0 aliphatic heterocycles. The van der Waals surface area contributed by atoms with Crippen molar-refractivity contribution in [1.29, 1.82) is 0 Å². The van der Waals surface area contributed by atoms with E-state index >= 15 is 0 Å². The predicted octanol–water partition coefficient (Wildman–Crippen LogP) is 4.68. The topological polar surface area (TPSA) is 51.2 Å². The average molecular weight is 384 g/mol. The molecule has 2 aromatic carbocycles. The number of carbonyl (C=O) groups excluding carboxylic acids is 1. The lowest BCUT2D eigenvalue weighted by molar-refractivity contribution is -0.164. The highest BCUT2D eigenvalue weighted by atomic mass is 16.5. The zero-order valence-electron chi connectivity index (χ0n) is 16.5. The van der Waals surface area contributed by atoms with E-state index in [0.717, 1.165) is 30.6 Å². The molecule has 3 aromatic rings. The number of benzene rings is 2. The molecule has 0 spiro atoms. The predicted molar refractivity (Wildman–Crippen MR) is 112 cm³/mol. The fourth-order valence-electron chi connectivity index (χ4n) is 5.37. The van der Waals surface area contributed by atoms with Gasteiger partial charge in [0, 0.05) is 12.4 Å². The molecular weight excluding hydrogens is 360 g/mol. The van der Waals surface area contributed by atoms with Crippen LogP contribution in [0.15, 0.2) is 79.1 Å². The summed E-state index contributed by atoms with van der Waals surface area (Å²) in [5.74, 6) is 0.752. The van der Waals surface area contributed by atoms with Crippen LogP contribution in [0.3, 0.4) is 0 Å². The van der Waals surface area contributed by atoms with E-state index in [2.05, 4.69) is 52.8 Å². The van der Waals surface area contributed by atoms with Crippen molar-refractivity contribution in [2.24, 2.45) is 5.41 Å². The number of ether oxygens (including phenoxy) is 1. The number of aromatic nitrogens is 1. The van der Waals surface area contributed by atoms with Crippen LogP contribution in [0, 0.1) is 5.41 Å². The quantitative estimate of drug-likeness (QED) is 0.671. The molecule has 146 valence electrons. The van der Waals surface area contributed by atoms with Crippen LogP contribution in [0.4, 0.5) is 0 Å². The first-order valence-corrected chi connectivity index (χ1v) is 10.0. The van der Waals surface area contributed by atoms with Crippen molar-refractivity contribution in [2.75, 3.05) is 7.11 Å². The highest BCUT2D eigenvalue weighted by Crippen LogP contribution is 2.77. The average Bonchev–Trinajstić information content (AvgIpc) is 2.72. The number of hydrogen-bond acceptors (Lipinski definition) is 3. The highest BCUT2D eigenvalue weighted by Gasteiger charge is 2.71. The van der Waals surface area contributed by atoms with Crippen molar-refractivity contribution in [2.45, 2.75) is 30.7 Å². The number of hydrogen-bond donors (Lipinski definition) is 1. The largest absolute Gasteiger partial charge is 0.497 e. The summed E-state index contributed by atoms with van der Waals surface area (Å²) in [7, 11) is 1.67. The molecule has 1 aromatic heterocycles. The smallest absolute Gasteiger partial charge is 0.253 e. The van der Waals surface area contributed by atoms with Crippen molar-refractivity contribution >= 4 is 5.91 Å². The van der Waals surface area contributed by atoms with E-state index in [1.54, 1.807) is 31.6 Å². The minimum Gasteiger partial charge on any atom is -0.497 e. The Labute approximate surface area is 170 Å². The monoisotopic (exact) mass is 384 g/mol. The Kier molecular flexibility index (Phi) is 4.16. The molecule has 6 rings (SSSR count). The van der Waals surface area contributed by atoms with E-state index in [4.69, 9.17) is 4.74 Å². The third-order valence-electron chi connectivity index (χ3n) is 6.72. The van der Waals surface area contributed by atoms with Crippen molar-refractivity contribution in [3.05, 3.63) is 95.8 Å². The van der Waals surface area contributed by atoms with E-state index in [-0.39, 0.29) is 22.8 Å². The van der Waals surface area contributed by atoms with Gasteiger partial charge in [0.15, 0.2) is 0 Å². The lowest BCUT2D eigenvalue weighted by Crippen LogP contribution is -2.68. The Morgan fingerprint density at radius 3 is 2.34 bits per heavy atom. The zero-order valence-corrected chi connectivity index (χ0v) is 16.5. The van der Waals surface area contributed by atoms with Gasteiger partial charge in [-0.15, -0.1) is 0 Å². The van der Waals surface area contributed by atoms with Gasteiger partial charge in [-0.25, -0.2) is 0 Å². The van der Waals surface area contributed by atoms with Crippen LogP contribution in [0.1, 0.15) is 46.8 Å². The van der Waals surface area contributed by atoms with E-state index in [9.17, 15) is 4.79 Å². The van der Waals surface area contributed by atoms with Gasteiger partial charge in [-0.2, -0.15) is 0 Å². The molecule has 29 heavy (non-hydrogen) atoms. The fourth-order valence-corrected chi connectivity index (χ4v) is 5.37. The van der Waals surface area contributed by atoms with Crippen LogP contribution in [-0.2, 0) is 5.41 Å². The van der Waals surface area contributed by atoms with Gasteiger partial charge in [-0.05, 0) is 65.5 Å². The Morgan fingerprint density at radius 1 is 1.00 bits per heavy atom. The number of nitrogens with one attached hydrogen (secondary N) is 1. The molecule has 1 amide bonds. The first kappa shape index (κ1) is 17.9. The van der Waals surface area contributed by atoms with Crippen LogP contribution >= 0.6 is 0 Å². The minimum atomic E-state index is -0.0718. The molecule has 1 unspecified atom stereocenters. The maximum Gasteiger partial charge on any atom is 0.253 e. The maximum atomic E-state index is 12.9. The van der Waals surface area contributed by atoms with E-state index in [1.165, 1.54) is 5.56 Å². The molecule has 3 fully saturated rings. The summed E-state index contributed by atoms with van der Waals surface area (Å²) in [4.78, 5) is 17.0. The second-order valence-corrected chi connectivity index (χ2v) is 8.46. The fraction of sp³-hybridized carbons (Fsp3) is 0.280. The number of nitrogens with zero attached hydrogens (tertiary/aromatic N) is 1. The normalized spacial score (nSPS) is 25.3. The minimum absolute atomic E-state index is 0.0216. The standard InChI is InChI=1S/C25H24N2O2/c1-29-21-11-9-18(10-12-21)22(27-23(28)19-6-5-13-26-14-19)25-15-24(16-25,17-25)20-7-3-2-4-8-20/h2-14,22H,15-17H2,1H3,(H,27,28). The molecule has 4 nitrogen and oxygen atoms in total. The molecular formula is C25H24N2O2. The second kappa shape index (κ2) is 6.73. The van der Waals surface area contributed by atoms with Crippen LogP contribution in [0.25, 0.3) is 0 Å². The first-order chi connectivity index (χ1) is 14.1. The van der Waals surface area contributed by atoms with Crippen LogP contribution in [0.5, 0.6) is 5.75 Å². The van der Waals surface area contributed by atoms with Gasteiger partial charge in [-0.1, -0.05) is 42.5 Å². The Bertz CT molecular complexity index is 996. The zero-order chi connectivity index (χ0) is 19.9. The number of carbonyl (C=O) groups is 1. The molecule has 2 bridgehead atoms. The third kappa shape index (κ3) is 2.91. The lowest BCUT2D eigenvalue weighted by Gasteiger charge is -2.73.